The molecule has 2 aromatic rings. The third kappa shape index (κ3) is 3.87. The Morgan fingerprint density at radius 1 is 1.28 bits per heavy atom. The molecule has 0 saturated heterocycles. The van der Waals surface area contributed by atoms with Crippen LogP contribution >= 0.6 is 23.8 Å². The van der Waals surface area contributed by atoms with E-state index in [9.17, 15) is 0 Å². The summed E-state index contributed by atoms with van der Waals surface area (Å²) < 4.78 is 5.08. The number of benzene rings is 1. The van der Waals surface area contributed by atoms with E-state index in [1.807, 2.05) is 12.1 Å². The monoisotopic (exact) mass is 279 g/mol. The molecule has 0 aliphatic rings. The first-order valence-corrected chi connectivity index (χ1v) is 5.92. The van der Waals surface area contributed by atoms with Crippen molar-refractivity contribution in [2.75, 3.05) is 5.32 Å². The van der Waals surface area contributed by atoms with Crippen LogP contribution < -0.4 is 10.7 Å². The minimum Gasteiger partial charge on any atom is -0.463 e. The molecule has 0 radical (unpaired) electrons. The summed E-state index contributed by atoms with van der Waals surface area (Å²) >= 11 is 10.8. The largest absolute Gasteiger partial charge is 0.463 e. The lowest BCUT2D eigenvalue weighted by Gasteiger charge is -2.06. The van der Waals surface area contributed by atoms with Crippen LogP contribution in [0, 0.1) is 0 Å². The number of nitrogens with zero attached hydrogens (tertiary/aromatic N) is 1. The first-order chi connectivity index (χ1) is 8.74. The predicted octanol–water partition coefficient (Wildman–Crippen LogP) is 3.25. The molecule has 0 bridgehead atoms. The highest BCUT2D eigenvalue weighted by Gasteiger charge is 1.96. The molecule has 0 fully saturated rings. The molecule has 2 rings (SSSR count). The second kappa shape index (κ2) is 6.18. The summed E-state index contributed by atoms with van der Waals surface area (Å²) in [5.41, 5.74) is 3.52. The zero-order valence-electron chi connectivity index (χ0n) is 9.26. The van der Waals surface area contributed by atoms with Crippen molar-refractivity contribution in [1.29, 1.82) is 0 Å². The molecule has 0 saturated carbocycles. The van der Waals surface area contributed by atoms with Crippen LogP contribution in [0.3, 0.4) is 0 Å². The Bertz CT molecular complexity index is 537. The summed E-state index contributed by atoms with van der Waals surface area (Å²) in [5, 5.41) is 7.96. The average molecular weight is 280 g/mol. The van der Waals surface area contributed by atoms with E-state index in [1.54, 1.807) is 30.5 Å². The summed E-state index contributed by atoms with van der Waals surface area (Å²) in [4.78, 5) is 0. The van der Waals surface area contributed by atoms with Crippen molar-refractivity contribution in [2.24, 2.45) is 5.10 Å². The summed E-state index contributed by atoms with van der Waals surface area (Å²) in [5.74, 6) is 0.650. The van der Waals surface area contributed by atoms with Gasteiger partial charge in [-0.2, -0.15) is 5.10 Å². The number of rotatable bonds is 3. The van der Waals surface area contributed by atoms with Crippen LogP contribution in [0.5, 0.6) is 0 Å². The van der Waals surface area contributed by atoms with Gasteiger partial charge in [-0.15, -0.1) is 0 Å². The van der Waals surface area contributed by atoms with Crippen LogP contribution in [-0.2, 0) is 0 Å². The molecular weight excluding hydrogens is 270 g/mol. The zero-order valence-corrected chi connectivity index (χ0v) is 10.8. The van der Waals surface area contributed by atoms with Gasteiger partial charge in [0.05, 0.1) is 12.5 Å². The van der Waals surface area contributed by atoms with Crippen LogP contribution in [-0.4, -0.2) is 11.3 Å². The number of hydrogen-bond acceptors (Lipinski definition) is 3. The Labute approximate surface area is 115 Å². The van der Waals surface area contributed by atoms with Gasteiger partial charge in [-0.05, 0) is 48.6 Å². The van der Waals surface area contributed by atoms with E-state index in [0.717, 1.165) is 5.69 Å². The molecule has 4 nitrogen and oxygen atoms in total. The third-order valence-electron chi connectivity index (χ3n) is 2.00. The van der Waals surface area contributed by atoms with Crippen molar-refractivity contribution in [3.05, 3.63) is 53.4 Å². The van der Waals surface area contributed by atoms with E-state index < -0.39 is 0 Å². The molecular formula is C12H10ClN3OS. The van der Waals surface area contributed by atoms with E-state index >= 15 is 0 Å². The standard InChI is InChI=1S/C12H10ClN3OS/c13-9-3-5-10(6-4-9)15-12(18)16-14-8-11-2-1-7-17-11/h1-8H,(H2,15,16,18). The molecule has 18 heavy (non-hydrogen) atoms. The summed E-state index contributed by atoms with van der Waals surface area (Å²) in [6.07, 6.45) is 3.11. The fraction of sp³-hybridized carbons (Fsp3) is 0. The molecule has 1 aromatic carbocycles. The molecule has 92 valence electrons. The quantitative estimate of drug-likeness (QED) is 0.514. The van der Waals surface area contributed by atoms with Gasteiger partial charge < -0.3 is 9.73 Å². The topological polar surface area (TPSA) is 49.6 Å². The van der Waals surface area contributed by atoms with Crippen molar-refractivity contribution in [3.8, 4) is 0 Å². The van der Waals surface area contributed by atoms with E-state index in [1.165, 1.54) is 6.21 Å². The lowest BCUT2D eigenvalue weighted by Crippen LogP contribution is -2.23. The van der Waals surface area contributed by atoms with Crippen LogP contribution in [0.4, 0.5) is 5.69 Å². The molecule has 1 heterocycles. The molecule has 0 aliphatic heterocycles. The maximum atomic E-state index is 5.78. The number of anilines is 1. The molecule has 0 aliphatic carbocycles. The van der Waals surface area contributed by atoms with Gasteiger partial charge in [0.25, 0.3) is 0 Å². The van der Waals surface area contributed by atoms with Crippen LogP contribution in [0.25, 0.3) is 0 Å². The van der Waals surface area contributed by atoms with Crippen LogP contribution in [0.15, 0.2) is 52.2 Å². The van der Waals surface area contributed by atoms with Crippen molar-refractivity contribution in [1.82, 2.24) is 5.43 Å². The summed E-state index contributed by atoms with van der Waals surface area (Å²) in [6, 6.07) is 10.8. The SMILES string of the molecule is S=C(NN=Cc1ccco1)Nc1ccc(Cl)cc1. The second-order valence-corrected chi connectivity index (χ2v) is 4.19. The minimum atomic E-state index is 0.389. The maximum absolute atomic E-state index is 5.78. The Hall–Kier alpha value is -1.85. The third-order valence-corrected chi connectivity index (χ3v) is 2.45. The van der Waals surface area contributed by atoms with Crippen molar-refractivity contribution in [2.45, 2.75) is 0 Å². The van der Waals surface area contributed by atoms with Gasteiger partial charge in [0.2, 0.25) is 0 Å². The summed E-state index contributed by atoms with van der Waals surface area (Å²) in [6.45, 7) is 0. The van der Waals surface area contributed by atoms with Crippen molar-refractivity contribution in [3.63, 3.8) is 0 Å². The average Bonchev–Trinajstić information content (AvgIpc) is 2.85. The van der Waals surface area contributed by atoms with Gasteiger partial charge in [0.1, 0.15) is 5.76 Å². The van der Waals surface area contributed by atoms with E-state index in [2.05, 4.69) is 15.8 Å². The van der Waals surface area contributed by atoms with Gasteiger partial charge in [0, 0.05) is 10.7 Å². The fourth-order valence-electron chi connectivity index (χ4n) is 1.21. The molecule has 1 aromatic heterocycles. The number of halogens is 1. The normalized spacial score (nSPS) is 10.5. The number of hydrogen-bond donors (Lipinski definition) is 2. The molecule has 2 N–H and O–H groups in total. The maximum Gasteiger partial charge on any atom is 0.191 e. The first-order valence-electron chi connectivity index (χ1n) is 5.13. The Kier molecular flexibility index (Phi) is 4.33. The zero-order chi connectivity index (χ0) is 12.8. The van der Waals surface area contributed by atoms with Gasteiger partial charge in [-0.3, -0.25) is 5.43 Å². The van der Waals surface area contributed by atoms with Crippen LogP contribution in [0.1, 0.15) is 5.76 Å². The summed E-state index contributed by atoms with van der Waals surface area (Å²) in [7, 11) is 0. The number of hydrazone groups is 1. The highest BCUT2D eigenvalue weighted by Crippen LogP contribution is 2.12. The van der Waals surface area contributed by atoms with E-state index in [4.69, 9.17) is 28.2 Å². The Morgan fingerprint density at radius 2 is 2.06 bits per heavy atom. The van der Waals surface area contributed by atoms with E-state index in [-0.39, 0.29) is 0 Å². The number of furan rings is 1. The van der Waals surface area contributed by atoms with Gasteiger partial charge in [0.15, 0.2) is 5.11 Å². The number of thiocarbonyl (C=S) groups is 1. The fourth-order valence-corrected chi connectivity index (χ4v) is 1.51. The first kappa shape index (κ1) is 12.6. The van der Waals surface area contributed by atoms with Crippen molar-refractivity contribution >= 4 is 40.8 Å². The molecule has 0 spiro atoms. The molecule has 0 amide bonds. The van der Waals surface area contributed by atoms with Gasteiger partial charge in [-0.25, -0.2) is 0 Å². The predicted molar refractivity (Wildman–Crippen MR) is 77.1 cm³/mol. The van der Waals surface area contributed by atoms with Gasteiger partial charge in [-0.1, -0.05) is 11.6 Å². The van der Waals surface area contributed by atoms with Crippen molar-refractivity contribution < 1.29 is 4.42 Å². The van der Waals surface area contributed by atoms with Crippen LogP contribution in [0.2, 0.25) is 5.02 Å². The Morgan fingerprint density at radius 3 is 2.72 bits per heavy atom. The molecule has 0 atom stereocenters. The van der Waals surface area contributed by atoms with E-state index in [0.29, 0.717) is 15.9 Å². The highest BCUT2D eigenvalue weighted by molar-refractivity contribution is 7.80. The highest BCUT2D eigenvalue weighted by atomic mass is 35.5. The lowest BCUT2D eigenvalue weighted by atomic mass is 10.3. The lowest BCUT2D eigenvalue weighted by molar-refractivity contribution is 0.560. The molecule has 0 unspecified atom stereocenters. The number of nitrogens with one attached hydrogen (secondary N) is 2. The second-order valence-electron chi connectivity index (χ2n) is 3.35. The molecule has 6 heteroatoms. The Balaban J connectivity index is 1.84. The van der Waals surface area contributed by atoms with Gasteiger partial charge >= 0.3 is 0 Å². The smallest absolute Gasteiger partial charge is 0.191 e. The minimum absolute atomic E-state index is 0.389.